The standard InChI is InChI=1S/C23H17ClF6N6O3/c24-16-6-4-13(5-7-16)20-33-36(21(38)35(20)9-8-22(25,26)27)11-17(37)32-18(19-31-12-39-34-19)14-2-1-3-15(10-14)23(28,29)30/h1-7,10,12,18H,8-9,11H2,(H,32,37). The zero-order valence-corrected chi connectivity index (χ0v) is 20.3. The summed E-state index contributed by atoms with van der Waals surface area (Å²) in [6.07, 6.45) is -9.66. The number of carbonyl (C=O) groups is 1. The number of alkyl halides is 6. The third-order valence-corrected chi connectivity index (χ3v) is 5.68. The number of hydrogen-bond donors (Lipinski definition) is 1. The maximum atomic E-state index is 13.2. The van der Waals surface area contributed by atoms with Crippen molar-refractivity contribution in [1.29, 1.82) is 0 Å². The van der Waals surface area contributed by atoms with Crippen LogP contribution in [0.15, 0.2) is 64.2 Å². The first-order valence-corrected chi connectivity index (χ1v) is 11.4. The topological polar surface area (TPSA) is 108 Å². The van der Waals surface area contributed by atoms with Crippen molar-refractivity contribution in [1.82, 2.24) is 29.8 Å². The molecule has 0 bridgehead atoms. The van der Waals surface area contributed by atoms with Crippen LogP contribution in [0.25, 0.3) is 11.4 Å². The van der Waals surface area contributed by atoms with E-state index in [1.165, 1.54) is 30.3 Å². The first-order chi connectivity index (χ1) is 18.3. The molecule has 4 rings (SSSR count). The summed E-state index contributed by atoms with van der Waals surface area (Å²) in [7, 11) is 0. The molecule has 0 aliphatic heterocycles. The van der Waals surface area contributed by atoms with Gasteiger partial charge in [-0.05, 0) is 42.0 Å². The average molecular weight is 575 g/mol. The molecule has 0 saturated carbocycles. The number of nitrogens with one attached hydrogen (secondary N) is 1. The molecule has 0 radical (unpaired) electrons. The van der Waals surface area contributed by atoms with Crippen molar-refractivity contribution in [2.75, 3.05) is 0 Å². The van der Waals surface area contributed by atoms with E-state index in [0.717, 1.165) is 29.2 Å². The van der Waals surface area contributed by atoms with Crippen molar-refractivity contribution >= 4 is 17.5 Å². The smallest absolute Gasteiger partial charge is 0.343 e. The van der Waals surface area contributed by atoms with Gasteiger partial charge in [0.2, 0.25) is 12.3 Å². The molecule has 206 valence electrons. The highest BCUT2D eigenvalue weighted by Gasteiger charge is 2.32. The number of rotatable bonds is 8. The van der Waals surface area contributed by atoms with Crippen LogP contribution in [0.5, 0.6) is 0 Å². The van der Waals surface area contributed by atoms with Gasteiger partial charge in [0.15, 0.2) is 11.6 Å². The fraction of sp³-hybridized carbons (Fsp3) is 0.261. The minimum absolute atomic E-state index is 0.0375. The molecule has 4 aromatic rings. The summed E-state index contributed by atoms with van der Waals surface area (Å²) < 4.78 is 84.5. The summed E-state index contributed by atoms with van der Waals surface area (Å²) in [4.78, 5) is 29.7. The molecule has 0 spiro atoms. The Bertz CT molecular complexity index is 1500. The number of nitrogens with zero attached hydrogens (tertiary/aromatic N) is 5. The molecule has 0 aliphatic carbocycles. The van der Waals surface area contributed by atoms with Crippen LogP contribution in [0.4, 0.5) is 26.3 Å². The van der Waals surface area contributed by atoms with Gasteiger partial charge in [-0.3, -0.25) is 9.36 Å². The van der Waals surface area contributed by atoms with Gasteiger partial charge in [0, 0.05) is 17.1 Å². The quantitative estimate of drug-likeness (QED) is 0.308. The molecule has 1 amide bonds. The Labute approximate surface area is 220 Å². The maximum Gasteiger partial charge on any atom is 0.416 e. The molecule has 0 fully saturated rings. The lowest BCUT2D eigenvalue weighted by molar-refractivity contribution is -0.138. The largest absolute Gasteiger partial charge is 0.416 e. The lowest BCUT2D eigenvalue weighted by Crippen LogP contribution is -2.36. The molecule has 1 atom stereocenters. The van der Waals surface area contributed by atoms with E-state index in [4.69, 9.17) is 11.6 Å². The highest BCUT2D eigenvalue weighted by atomic mass is 35.5. The van der Waals surface area contributed by atoms with Crippen LogP contribution in [0, 0.1) is 0 Å². The van der Waals surface area contributed by atoms with E-state index in [1.54, 1.807) is 0 Å². The summed E-state index contributed by atoms with van der Waals surface area (Å²) in [6, 6.07) is 8.53. The number of carbonyl (C=O) groups excluding carboxylic acids is 1. The average Bonchev–Trinajstić information content (AvgIpc) is 3.50. The minimum atomic E-state index is -4.67. The minimum Gasteiger partial charge on any atom is -0.343 e. The van der Waals surface area contributed by atoms with E-state index < -0.39 is 55.1 Å². The van der Waals surface area contributed by atoms with Crippen molar-refractivity contribution in [2.45, 2.75) is 37.9 Å². The van der Waals surface area contributed by atoms with Gasteiger partial charge in [-0.2, -0.15) is 31.3 Å². The first kappa shape index (κ1) is 27.9. The van der Waals surface area contributed by atoms with Gasteiger partial charge in [-0.15, -0.1) is 5.10 Å². The number of hydrogen-bond acceptors (Lipinski definition) is 6. The van der Waals surface area contributed by atoms with Crippen molar-refractivity contribution < 1.29 is 35.7 Å². The van der Waals surface area contributed by atoms with Crippen LogP contribution >= 0.6 is 11.6 Å². The number of amides is 1. The highest BCUT2D eigenvalue weighted by Crippen LogP contribution is 2.31. The fourth-order valence-corrected chi connectivity index (χ4v) is 3.76. The molecular formula is C23H17ClF6N6O3. The van der Waals surface area contributed by atoms with Crippen molar-refractivity contribution in [2.24, 2.45) is 0 Å². The second-order valence-electron chi connectivity index (χ2n) is 8.20. The number of halogens is 7. The van der Waals surface area contributed by atoms with Crippen LogP contribution in [0.2, 0.25) is 5.02 Å². The van der Waals surface area contributed by atoms with Crippen LogP contribution in [-0.4, -0.2) is 36.6 Å². The van der Waals surface area contributed by atoms with Gasteiger partial charge in [0.1, 0.15) is 12.6 Å². The molecule has 2 heterocycles. The second kappa shape index (κ2) is 10.9. The molecular weight excluding hydrogens is 558 g/mol. The van der Waals surface area contributed by atoms with Gasteiger partial charge in [0.05, 0.1) is 12.0 Å². The van der Waals surface area contributed by atoms with Crippen LogP contribution in [-0.2, 0) is 24.1 Å². The third-order valence-electron chi connectivity index (χ3n) is 5.43. The Hall–Kier alpha value is -4.14. The predicted molar refractivity (Wildman–Crippen MR) is 123 cm³/mol. The van der Waals surface area contributed by atoms with E-state index >= 15 is 0 Å². The van der Waals surface area contributed by atoms with Crippen molar-refractivity contribution in [3.8, 4) is 11.4 Å². The Balaban J connectivity index is 1.64. The normalized spacial score (nSPS) is 12.9. The Morgan fingerprint density at radius 1 is 1.08 bits per heavy atom. The lowest BCUT2D eigenvalue weighted by Gasteiger charge is -2.17. The van der Waals surface area contributed by atoms with Crippen LogP contribution in [0.1, 0.15) is 29.4 Å². The summed E-state index contributed by atoms with van der Waals surface area (Å²) in [5.41, 5.74) is -1.76. The van der Waals surface area contributed by atoms with Gasteiger partial charge in [-0.1, -0.05) is 28.9 Å². The summed E-state index contributed by atoms with van der Waals surface area (Å²) >= 11 is 5.87. The van der Waals surface area contributed by atoms with Crippen molar-refractivity contribution in [3.63, 3.8) is 0 Å². The van der Waals surface area contributed by atoms with E-state index in [0.29, 0.717) is 9.70 Å². The molecule has 0 aliphatic rings. The molecule has 1 N–H and O–H groups in total. The summed E-state index contributed by atoms with van der Waals surface area (Å²) in [5, 5.41) is 10.4. The lowest BCUT2D eigenvalue weighted by atomic mass is 10.0. The second-order valence-corrected chi connectivity index (χ2v) is 8.64. The predicted octanol–water partition coefficient (Wildman–Crippen LogP) is 4.63. The molecule has 39 heavy (non-hydrogen) atoms. The molecule has 2 aromatic carbocycles. The first-order valence-electron chi connectivity index (χ1n) is 11.0. The third kappa shape index (κ3) is 6.85. The number of benzene rings is 2. The monoisotopic (exact) mass is 574 g/mol. The molecule has 1 unspecified atom stereocenters. The van der Waals surface area contributed by atoms with Gasteiger partial charge in [0.25, 0.3) is 0 Å². The van der Waals surface area contributed by atoms with E-state index in [9.17, 15) is 35.9 Å². The van der Waals surface area contributed by atoms with E-state index in [2.05, 4.69) is 25.1 Å². The summed E-state index contributed by atoms with van der Waals surface area (Å²) in [5.74, 6) is -1.22. The maximum absolute atomic E-state index is 13.2. The van der Waals surface area contributed by atoms with Crippen LogP contribution in [0.3, 0.4) is 0 Å². The zero-order chi connectivity index (χ0) is 28.4. The number of aromatic nitrogens is 5. The SMILES string of the molecule is O=C(Cn1nc(-c2ccc(Cl)cc2)n(CCC(F)(F)F)c1=O)NC(c1cccc(C(F)(F)F)c1)c1ncon1. The molecule has 16 heteroatoms. The Morgan fingerprint density at radius 2 is 1.79 bits per heavy atom. The zero-order valence-electron chi connectivity index (χ0n) is 19.5. The fourth-order valence-electron chi connectivity index (χ4n) is 3.64. The summed E-state index contributed by atoms with van der Waals surface area (Å²) in [6.45, 7) is -1.54. The highest BCUT2D eigenvalue weighted by molar-refractivity contribution is 6.30. The molecule has 9 nitrogen and oxygen atoms in total. The van der Waals surface area contributed by atoms with E-state index in [-0.39, 0.29) is 22.8 Å². The van der Waals surface area contributed by atoms with Gasteiger partial charge >= 0.3 is 18.0 Å². The van der Waals surface area contributed by atoms with Gasteiger partial charge < -0.3 is 9.84 Å². The van der Waals surface area contributed by atoms with Crippen LogP contribution < -0.4 is 11.0 Å². The van der Waals surface area contributed by atoms with Gasteiger partial charge in [-0.25, -0.2) is 9.48 Å². The Kier molecular flexibility index (Phi) is 7.81. The molecule has 2 aromatic heterocycles. The molecule has 0 saturated heterocycles. The van der Waals surface area contributed by atoms with E-state index in [1.807, 2.05) is 0 Å². The Morgan fingerprint density at radius 3 is 2.41 bits per heavy atom. The van der Waals surface area contributed by atoms with Crippen molar-refractivity contribution in [3.05, 3.63) is 87.4 Å².